The molecule has 0 bridgehead atoms. The number of hydrogen-bond donors (Lipinski definition) is 2. The minimum atomic E-state index is -1.47. The van der Waals surface area contributed by atoms with Crippen LogP contribution in [0.5, 0.6) is 11.5 Å². The molecule has 3 amide bonds. The lowest BCUT2D eigenvalue weighted by Gasteiger charge is -2.40. The molecule has 18 heteroatoms. The highest BCUT2D eigenvalue weighted by molar-refractivity contribution is 6.76. The number of carboxylic acid groups (broad SMARTS) is 1. The summed E-state index contributed by atoms with van der Waals surface area (Å²) in [6, 6.07) is 7.02. The third-order valence-corrected chi connectivity index (χ3v) is 11.2. The fourth-order valence-electron chi connectivity index (χ4n) is 5.90. The number of rotatable bonds is 13. The first-order valence-electron chi connectivity index (χ1n) is 17.1. The maximum Gasteiger partial charge on any atom is 0.408 e. The molecule has 0 saturated heterocycles. The van der Waals surface area contributed by atoms with E-state index in [0.717, 1.165) is 11.6 Å². The van der Waals surface area contributed by atoms with Crippen molar-refractivity contribution in [3.63, 3.8) is 0 Å². The zero-order valence-electron chi connectivity index (χ0n) is 31.9. The highest BCUT2D eigenvalue weighted by Crippen LogP contribution is 2.47. The van der Waals surface area contributed by atoms with Crippen LogP contribution < -0.4 is 24.6 Å². The molecule has 2 aromatic carbocycles. The third kappa shape index (κ3) is 9.71. The van der Waals surface area contributed by atoms with Crippen molar-refractivity contribution in [1.82, 2.24) is 14.9 Å². The number of anilines is 4. The molecule has 292 valence electrons. The van der Waals surface area contributed by atoms with Gasteiger partial charge in [-0.05, 0) is 35.1 Å². The van der Waals surface area contributed by atoms with Crippen molar-refractivity contribution in [2.45, 2.75) is 58.9 Å². The second kappa shape index (κ2) is 17.2. The van der Waals surface area contributed by atoms with Gasteiger partial charge in [0.25, 0.3) is 5.69 Å². The van der Waals surface area contributed by atoms with Crippen LogP contribution in [0.2, 0.25) is 35.7 Å². The number of nitro groups is 1. The maximum atomic E-state index is 14.3. The summed E-state index contributed by atoms with van der Waals surface area (Å²) >= 11 is 13.5. The number of nitrogens with one attached hydrogen (secondary N) is 1. The largest absolute Gasteiger partial charge is 0.495 e. The molecule has 0 fully saturated rings. The zero-order valence-corrected chi connectivity index (χ0v) is 34.4. The Hall–Kier alpha value is -4.64. The number of aromatic nitrogens is 2. The summed E-state index contributed by atoms with van der Waals surface area (Å²) < 4.78 is 16.9. The smallest absolute Gasteiger partial charge is 0.408 e. The summed E-state index contributed by atoms with van der Waals surface area (Å²) in [4.78, 5) is 50.7. The van der Waals surface area contributed by atoms with Gasteiger partial charge < -0.3 is 24.6 Å². The highest BCUT2D eigenvalue weighted by Gasteiger charge is 2.37. The second-order valence-electron chi connectivity index (χ2n) is 14.9. The van der Waals surface area contributed by atoms with Gasteiger partial charge in [-0.2, -0.15) is 0 Å². The van der Waals surface area contributed by atoms with E-state index >= 15 is 0 Å². The number of amides is 3. The Kier molecular flexibility index (Phi) is 13.4. The van der Waals surface area contributed by atoms with Crippen molar-refractivity contribution >= 4 is 72.1 Å². The molecule has 1 atom stereocenters. The second-order valence-corrected chi connectivity index (χ2v) is 21.2. The third-order valence-electron chi connectivity index (χ3n) is 8.80. The number of ether oxygens (including phenoxy) is 3. The number of halogens is 2. The van der Waals surface area contributed by atoms with Crippen LogP contribution in [0, 0.1) is 15.5 Å². The topological polar surface area (TPSA) is 173 Å². The lowest BCUT2D eigenvalue weighted by Crippen LogP contribution is -2.43. The van der Waals surface area contributed by atoms with E-state index in [1.54, 1.807) is 6.07 Å². The quantitative estimate of drug-likeness (QED) is 0.0421. The fourth-order valence-corrected chi connectivity index (χ4v) is 7.36. The first-order chi connectivity index (χ1) is 25.3. The summed E-state index contributed by atoms with van der Waals surface area (Å²) in [6.07, 6.45) is 2.65. The number of nitrogens with zero attached hydrogens (tertiary/aromatic N) is 6. The molecule has 15 nitrogen and oxygen atoms in total. The molecular formula is C36H47Cl2N7O8Si. The Morgan fingerprint density at radius 2 is 1.74 bits per heavy atom. The molecule has 1 aliphatic heterocycles. The monoisotopic (exact) mass is 803 g/mol. The predicted octanol–water partition coefficient (Wildman–Crippen LogP) is 9.22. The summed E-state index contributed by atoms with van der Waals surface area (Å²) in [5.41, 5.74) is 0.829. The van der Waals surface area contributed by atoms with Crippen LogP contribution in [-0.2, 0) is 4.74 Å². The van der Waals surface area contributed by atoms with Gasteiger partial charge in [0.05, 0.1) is 30.9 Å². The average Bonchev–Trinajstić information content (AvgIpc) is 3.11. The van der Waals surface area contributed by atoms with Gasteiger partial charge in [-0.25, -0.2) is 19.6 Å². The molecule has 1 unspecified atom stereocenters. The lowest BCUT2D eigenvalue weighted by molar-refractivity contribution is -0.384. The number of methoxy groups -OCH3 is 2. The predicted molar refractivity (Wildman–Crippen MR) is 213 cm³/mol. The van der Waals surface area contributed by atoms with Crippen molar-refractivity contribution in [3.8, 4) is 11.5 Å². The number of hydrogen-bond acceptors (Lipinski definition) is 10. The molecule has 1 aliphatic rings. The average molecular weight is 805 g/mol. The molecule has 3 aromatic rings. The summed E-state index contributed by atoms with van der Waals surface area (Å²) in [5, 5.41) is 25.5. The molecule has 54 heavy (non-hydrogen) atoms. The van der Waals surface area contributed by atoms with Gasteiger partial charge in [0.2, 0.25) is 0 Å². The van der Waals surface area contributed by atoms with E-state index in [2.05, 4.69) is 34.9 Å². The lowest BCUT2D eigenvalue weighted by atomic mass is 9.77. The SMILES string of the molecule is COc1cc(OC)c(Cl)c(N(COCC[Si](C)(C)C)C(=O)N(C)c2cc(Nc3ccc(C4C(C(C)(C)C)=CCCN4C(=O)O)cc3[N+](=O)[O-])ncn2)c1Cl. The number of carbonyl (C=O) groups is 2. The van der Waals surface area contributed by atoms with Crippen molar-refractivity contribution < 1.29 is 33.8 Å². The van der Waals surface area contributed by atoms with Gasteiger partial charge in [0.1, 0.15) is 51.9 Å². The number of carbonyl (C=O) groups excluding carboxylic acids is 1. The van der Waals surface area contributed by atoms with E-state index in [-0.39, 0.29) is 63.5 Å². The Balaban J connectivity index is 1.69. The molecule has 0 aliphatic carbocycles. The normalized spacial score (nSPS) is 14.6. The number of benzene rings is 2. The number of urea groups is 1. The van der Waals surface area contributed by atoms with E-state index in [4.69, 9.17) is 37.4 Å². The van der Waals surface area contributed by atoms with Crippen molar-refractivity contribution in [1.29, 1.82) is 0 Å². The molecule has 0 radical (unpaired) electrons. The summed E-state index contributed by atoms with van der Waals surface area (Å²) in [5.74, 6) is 0.723. The Morgan fingerprint density at radius 3 is 2.30 bits per heavy atom. The van der Waals surface area contributed by atoms with Crippen molar-refractivity contribution in [2.75, 3.05) is 56.3 Å². The maximum absolute atomic E-state index is 14.3. The standard InChI is InChI=1S/C36H47Cl2N7O8Si/c1-36(2,3)23-11-10-14-43(35(47)48)32(23)22-12-13-24(25(17-22)45(49)50)41-28-19-29(40-20-39-28)42(4)34(46)44(21-53-15-16-54(7,8)9)33-30(37)26(51-5)18-27(52-6)31(33)38/h11-13,17-20,32H,10,14-16,21H2,1-9H3,(H,47,48)(H,39,40,41). The van der Waals surface area contributed by atoms with Crippen LogP contribution in [0.15, 0.2) is 48.3 Å². The Morgan fingerprint density at radius 1 is 1.09 bits per heavy atom. The van der Waals surface area contributed by atoms with Crippen LogP contribution in [0.25, 0.3) is 0 Å². The van der Waals surface area contributed by atoms with Gasteiger partial charge in [0.15, 0.2) is 0 Å². The van der Waals surface area contributed by atoms with Crippen molar-refractivity contribution in [2.24, 2.45) is 5.41 Å². The first kappa shape index (κ1) is 42.1. The molecule has 2 heterocycles. The van der Waals surface area contributed by atoms with Gasteiger partial charge in [0, 0.05) is 46.5 Å². The zero-order chi connectivity index (χ0) is 40.1. The van der Waals surface area contributed by atoms with E-state index in [9.17, 15) is 24.8 Å². The summed E-state index contributed by atoms with van der Waals surface area (Å²) in [6.45, 7) is 13.0. The van der Waals surface area contributed by atoms with E-state index < -0.39 is 36.6 Å². The van der Waals surface area contributed by atoms with Crippen LogP contribution >= 0.6 is 23.2 Å². The van der Waals surface area contributed by atoms with Gasteiger partial charge >= 0.3 is 12.1 Å². The fraction of sp³-hybridized carbons (Fsp3) is 0.444. The van der Waals surface area contributed by atoms with E-state index in [1.807, 2.05) is 26.8 Å². The first-order valence-corrected chi connectivity index (χ1v) is 21.6. The highest BCUT2D eigenvalue weighted by atomic mass is 35.5. The van der Waals surface area contributed by atoms with Gasteiger partial charge in [-0.1, -0.05) is 75.8 Å². The van der Waals surface area contributed by atoms with Crippen LogP contribution in [0.3, 0.4) is 0 Å². The van der Waals surface area contributed by atoms with Gasteiger partial charge in [-0.3, -0.25) is 24.8 Å². The van der Waals surface area contributed by atoms with E-state index in [1.165, 1.54) is 66.6 Å². The van der Waals surface area contributed by atoms with E-state index in [0.29, 0.717) is 18.6 Å². The van der Waals surface area contributed by atoms with Crippen LogP contribution in [-0.4, -0.2) is 86.2 Å². The van der Waals surface area contributed by atoms with Gasteiger partial charge in [-0.15, -0.1) is 0 Å². The van der Waals surface area contributed by atoms with Crippen LogP contribution in [0.1, 0.15) is 38.8 Å². The number of nitro benzene ring substituents is 1. The molecule has 4 rings (SSSR count). The minimum Gasteiger partial charge on any atom is -0.495 e. The van der Waals surface area contributed by atoms with Crippen molar-refractivity contribution in [3.05, 3.63) is 74.0 Å². The molecule has 1 aromatic heterocycles. The Bertz CT molecular complexity index is 1890. The minimum absolute atomic E-state index is 0.0597. The Labute approximate surface area is 326 Å². The summed E-state index contributed by atoms with van der Waals surface area (Å²) in [7, 11) is 2.87. The molecular weight excluding hydrogens is 757 g/mol. The molecule has 0 saturated carbocycles. The van der Waals surface area contributed by atoms with Crippen LogP contribution in [0.4, 0.5) is 38.3 Å². The molecule has 2 N–H and O–H groups in total. The molecule has 0 spiro atoms.